The molecule has 0 spiro atoms. The minimum Gasteiger partial charge on any atom is -0.387 e. The first-order valence-electron chi connectivity index (χ1n) is 7.28. The summed E-state index contributed by atoms with van der Waals surface area (Å²) in [6.45, 7) is 5.94. The molecule has 2 aromatic heterocycles. The quantitative estimate of drug-likeness (QED) is 0.879. The maximum atomic E-state index is 12.4. The van der Waals surface area contributed by atoms with Crippen LogP contribution in [-0.2, 0) is 6.54 Å². The number of aliphatic hydroxyl groups is 1. The van der Waals surface area contributed by atoms with E-state index >= 15 is 0 Å². The largest absolute Gasteiger partial charge is 0.387 e. The molecule has 1 unspecified atom stereocenters. The van der Waals surface area contributed by atoms with E-state index < -0.39 is 5.60 Å². The number of rotatable bonds is 2. The second-order valence-electron chi connectivity index (χ2n) is 6.77. The maximum absolute atomic E-state index is 12.4. The van der Waals surface area contributed by atoms with Crippen molar-refractivity contribution < 1.29 is 5.11 Å². The summed E-state index contributed by atoms with van der Waals surface area (Å²) in [6, 6.07) is 5.44. The molecule has 3 rings (SSSR count). The summed E-state index contributed by atoms with van der Waals surface area (Å²) in [6.07, 6.45) is 2.34. The first-order chi connectivity index (χ1) is 9.82. The Hall–Kier alpha value is -1.66. The van der Waals surface area contributed by atoms with Crippen molar-refractivity contribution in [1.82, 2.24) is 19.1 Å². The molecule has 114 valence electrons. The van der Waals surface area contributed by atoms with Gasteiger partial charge in [0, 0.05) is 24.7 Å². The van der Waals surface area contributed by atoms with E-state index in [1.54, 1.807) is 18.3 Å². The lowest BCUT2D eigenvalue weighted by molar-refractivity contribution is -0.126. The van der Waals surface area contributed by atoms with Crippen molar-refractivity contribution in [3.05, 3.63) is 34.9 Å². The van der Waals surface area contributed by atoms with Gasteiger partial charge in [-0.2, -0.15) is 0 Å². The van der Waals surface area contributed by atoms with Crippen LogP contribution in [0.3, 0.4) is 0 Å². The summed E-state index contributed by atoms with van der Waals surface area (Å²) >= 11 is 0. The normalized spacial score (nSPS) is 26.3. The highest BCUT2D eigenvalue weighted by molar-refractivity contribution is 5.35. The van der Waals surface area contributed by atoms with E-state index in [2.05, 4.69) is 17.0 Å². The average Bonchev–Trinajstić information content (AvgIpc) is 2.72. The molecule has 1 aliphatic rings. The molecule has 1 saturated heterocycles. The van der Waals surface area contributed by atoms with Crippen LogP contribution in [0, 0.1) is 5.41 Å². The van der Waals surface area contributed by atoms with E-state index in [4.69, 9.17) is 0 Å². The first kappa shape index (κ1) is 14.3. The lowest BCUT2D eigenvalue weighted by Crippen LogP contribution is -2.59. The Balaban J connectivity index is 1.98. The minimum absolute atomic E-state index is 0.200. The van der Waals surface area contributed by atoms with Gasteiger partial charge in [0.05, 0.1) is 12.1 Å². The van der Waals surface area contributed by atoms with E-state index in [0.29, 0.717) is 12.1 Å². The number of hydrogen-bond donors (Lipinski definition) is 1. The van der Waals surface area contributed by atoms with Crippen LogP contribution >= 0.6 is 0 Å². The second kappa shape index (κ2) is 4.68. The smallest absolute Gasteiger partial charge is 0.350 e. The molecule has 3 heterocycles. The Morgan fingerprint density at radius 1 is 1.38 bits per heavy atom. The fourth-order valence-corrected chi connectivity index (χ4v) is 3.23. The van der Waals surface area contributed by atoms with Crippen molar-refractivity contribution in [3.8, 4) is 0 Å². The number of pyridine rings is 1. The van der Waals surface area contributed by atoms with Crippen molar-refractivity contribution >= 4 is 5.65 Å². The minimum atomic E-state index is -0.929. The zero-order chi connectivity index (χ0) is 15.3. The topological polar surface area (TPSA) is 62.8 Å². The van der Waals surface area contributed by atoms with Crippen LogP contribution < -0.4 is 5.69 Å². The Kier molecular flexibility index (Phi) is 3.18. The molecule has 1 N–H and O–H groups in total. The molecule has 1 fully saturated rings. The molecule has 0 radical (unpaired) electrons. The maximum Gasteiger partial charge on any atom is 0.350 e. The van der Waals surface area contributed by atoms with Crippen molar-refractivity contribution in [3.63, 3.8) is 0 Å². The number of likely N-dealkylation sites (tertiary alicyclic amines) is 1. The molecular weight excluding hydrogens is 268 g/mol. The van der Waals surface area contributed by atoms with Gasteiger partial charge in [-0.3, -0.25) is 4.40 Å². The highest BCUT2D eigenvalue weighted by Crippen LogP contribution is 2.39. The summed E-state index contributed by atoms with van der Waals surface area (Å²) in [5.41, 5.74) is -0.818. The molecule has 6 nitrogen and oxygen atoms in total. The Labute approximate surface area is 123 Å². The predicted molar refractivity (Wildman–Crippen MR) is 80.3 cm³/mol. The van der Waals surface area contributed by atoms with Gasteiger partial charge in [0.15, 0.2) is 5.65 Å². The van der Waals surface area contributed by atoms with Crippen LogP contribution in [0.5, 0.6) is 0 Å². The molecule has 0 amide bonds. The summed E-state index contributed by atoms with van der Waals surface area (Å²) in [4.78, 5) is 14.6. The third-order valence-corrected chi connectivity index (χ3v) is 4.73. The Bertz CT molecular complexity index is 718. The summed E-state index contributed by atoms with van der Waals surface area (Å²) in [5.74, 6) is 0. The van der Waals surface area contributed by atoms with E-state index in [0.717, 1.165) is 13.1 Å². The highest BCUT2D eigenvalue weighted by Gasteiger charge is 2.47. The molecule has 1 atom stereocenters. The fraction of sp³-hybridized carbons (Fsp3) is 0.600. The molecule has 6 heteroatoms. The number of aromatic nitrogens is 3. The fourth-order valence-electron chi connectivity index (χ4n) is 3.23. The average molecular weight is 290 g/mol. The highest BCUT2D eigenvalue weighted by atomic mass is 16.3. The molecular formula is C15H22N4O2. The lowest BCUT2D eigenvalue weighted by Gasteiger charge is -2.49. The number of nitrogens with zero attached hydrogens (tertiary/aromatic N) is 4. The van der Waals surface area contributed by atoms with Gasteiger partial charge in [-0.1, -0.05) is 19.9 Å². The zero-order valence-electron chi connectivity index (χ0n) is 12.8. The van der Waals surface area contributed by atoms with Crippen LogP contribution in [0.2, 0.25) is 0 Å². The monoisotopic (exact) mass is 290 g/mol. The van der Waals surface area contributed by atoms with Gasteiger partial charge >= 0.3 is 5.69 Å². The van der Waals surface area contributed by atoms with Gasteiger partial charge in [-0.05, 0) is 25.6 Å². The van der Waals surface area contributed by atoms with Crippen LogP contribution in [-0.4, -0.2) is 49.9 Å². The summed E-state index contributed by atoms with van der Waals surface area (Å²) < 4.78 is 2.90. The number of fused-ring (bicyclic) bond motifs is 1. The lowest BCUT2D eigenvalue weighted by atomic mass is 9.70. The molecule has 1 aliphatic heterocycles. The molecule has 0 saturated carbocycles. The van der Waals surface area contributed by atoms with Crippen molar-refractivity contribution in [2.24, 2.45) is 5.41 Å². The van der Waals surface area contributed by atoms with Gasteiger partial charge in [0.2, 0.25) is 0 Å². The van der Waals surface area contributed by atoms with Crippen LogP contribution in [0.1, 0.15) is 20.3 Å². The van der Waals surface area contributed by atoms with Crippen LogP contribution in [0.4, 0.5) is 0 Å². The van der Waals surface area contributed by atoms with Crippen molar-refractivity contribution in [2.45, 2.75) is 32.4 Å². The molecule has 0 bridgehead atoms. The van der Waals surface area contributed by atoms with Crippen molar-refractivity contribution in [2.75, 3.05) is 20.1 Å². The third kappa shape index (κ3) is 2.28. The third-order valence-electron chi connectivity index (χ3n) is 4.73. The molecule has 2 aromatic rings. The zero-order valence-corrected chi connectivity index (χ0v) is 12.8. The molecule has 0 aliphatic carbocycles. The summed E-state index contributed by atoms with van der Waals surface area (Å²) in [5, 5.41) is 15.4. The van der Waals surface area contributed by atoms with Crippen LogP contribution in [0.25, 0.3) is 5.65 Å². The van der Waals surface area contributed by atoms with E-state index in [9.17, 15) is 9.90 Å². The van der Waals surface area contributed by atoms with E-state index in [1.165, 1.54) is 9.08 Å². The van der Waals surface area contributed by atoms with Crippen molar-refractivity contribution in [1.29, 1.82) is 0 Å². The molecule has 21 heavy (non-hydrogen) atoms. The second-order valence-corrected chi connectivity index (χ2v) is 6.77. The summed E-state index contributed by atoms with van der Waals surface area (Å²) in [7, 11) is 2.05. The Morgan fingerprint density at radius 3 is 2.81 bits per heavy atom. The van der Waals surface area contributed by atoms with E-state index in [-0.39, 0.29) is 17.6 Å². The van der Waals surface area contributed by atoms with Gasteiger partial charge in [0.25, 0.3) is 0 Å². The predicted octanol–water partition coefficient (Wildman–Crippen LogP) is 0.589. The number of piperidine rings is 1. The van der Waals surface area contributed by atoms with E-state index in [1.807, 2.05) is 19.9 Å². The SMILES string of the molecule is CN1CCC(O)(Cn2nc3ccccn3c2=O)C(C)(C)C1. The first-order valence-corrected chi connectivity index (χ1v) is 7.28. The van der Waals surface area contributed by atoms with Crippen LogP contribution in [0.15, 0.2) is 29.2 Å². The van der Waals surface area contributed by atoms with Gasteiger partial charge in [-0.15, -0.1) is 5.10 Å². The van der Waals surface area contributed by atoms with Gasteiger partial charge in [-0.25, -0.2) is 9.48 Å². The standard InChI is InChI=1S/C15H22N4O2/c1-14(2)10-17(3)9-7-15(14,21)11-19-13(20)18-8-5-4-6-12(18)16-19/h4-6,8,21H,7,9-11H2,1-3H3. The molecule has 0 aromatic carbocycles. The Morgan fingerprint density at radius 2 is 2.14 bits per heavy atom. The number of hydrogen-bond acceptors (Lipinski definition) is 4. The van der Waals surface area contributed by atoms with Gasteiger partial charge < -0.3 is 10.0 Å². The van der Waals surface area contributed by atoms with Gasteiger partial charge in [0.1, 0.15) is 0 Å².